The molecule has 0 fully saturated rings. The molecular formula is C11H8INO3. The lowest BCUT2D eigenvalue weighted by molar-refractivity contribution is -0.149. The van der Waals surface area contributed by atoms with E-state index in [2.05, 4.69) is 0 Å². The Hall–Kier alpha value is -1.42. The Morgan fingerprint density at radius 3 is 2.50 bits per heavy atom. The number of carbonyl (C=O) groups excluding carboxylic acids is 2. The minimum atomic E-state index is -1.33. The molecular weight excluding hydrogens is 321 g/mol. The first-order valence-corrected chi connectivity index (χ1v) is 5.52. The van der Waals surface area contributed by atoms with Crippen molar-refractivity contribution in [2.75, 3.05) is 0 Å². The molecule has 0 heterocycles. The number of rotatable bonds is 4. The third kappa shape index (κ3) is 3.62. The van der Waals surface area contributed by atoms with Gasteiger partial charge in [-0.15, -0.1) is 0 Å². The van der Waals surface area contributed by atoms with Crippen molar-refractivity contribution in [2.45, 2.75) is 6.61 Å². The van der Waals surface area contributed by atoms with Crippen molar-refractivity contribution in [1.82, 2.24) is 0 Å². The molecule has 1 aromatic rings. The largest absolute Gasteiger partial charge is 0.459 e. The quantitative estimate of drug-likeness (QED) is 0.366. The molecule has 0 N–H and O–H groups in total. The summed E-state index contributed by atoms with van der Waals surface area (Å²) in [6.07, 6.45) is 0. The van der Waals surface area contributed by atoms with Gasteiger partial charge in [0.1, 0.15) is 6.61 Å². The predicted molar refractivity (Wildman–Crippen MR) is 64.4 cm³/mol. The number of carbonyl (C=O) groups is 2. The molecule has 0 aliphatic heterocycles. The van der Waals surface area contributed by atoms with Crippen LogP contribution in [0.4, 0.5) is 0 Å². The molecule has 0 radical (unpaired) electrons. The maximum atomic E-state index is 11.3. The third-order valence-corrected chi connectivity index (χ3v) is 2.44. The fourth-order valence-corrected chi connectivity index (χ4v) is 1.40. The average Bonchev–Trinajstić information content (AvgIpc) is 2.28. The van der Waals surface area contributed by atoms with E-state index in [1.165, 1.54) is 22.6 Å². The lowest BCUT2D eigenvalue weighted by Crippen LogP contribution is -2.20. The number of esters is 1. The normalized spacial score (nSPS) is 11.2. The van der Waals surface area contributed by atoms with Gasteiger partial charge in [-0.05, 0) is 5.56 Å². The maximum Gasteiger partial charge on any atom is 0.332 e. The van der Waals surface area contributed by atoms with Crippen LogP contribution in [-0.2, 0) is 20.9 Å². The highest BCUT2D eigenvalue weighted by atomic mass is 127. The van der Waals surface area contributed by atoms with Crippen LogP contribution in [0.2, 0.25) is 0 Å². The standard InChI is InChI=1S/C11H8INO3/c12-10(14)9(6-13)11(15)16-7-8-4-2-1-3-5-8/h1-5,9H,7H2. The van der Waals surface area contributed by atoms with E-state index in [9.17, 15) is 9.59 Å². The van der Waals surface area contributed by atoms with E-state index in [0.29, 0.717) is 0 Å². The Balaban J connectivity index is 2.54. The fourth-order valence-electron chi connectivity index (χ4n) is 1.01. The van der Waals surface area contributed by atoms with Gasteiger partial charge >= 0.3 is 5.97 Å². The number of nitrogens with zero attached hydrogens (tertiary/aromatic N) is 1. The first-order chi connectivity index (χ1) is 7.65. The van der Waals surface area contributed by atoms with Crippen LogP contribution in [-0.4, -0.2) is 9.76 Å². The van der Waals surface area contributed by atoms with Crippen LogP contribution in [0.15, 0.2) is 30.3 Å². The van der Waals surface area contributed by atoms with Crippen LogP contribution in [0.1, 0.15) is 5.56 Å². The van der Waals surface area contributed by atoms with Gasteiger partial charge in [-0.3, -0.25) is 9.59 Å². The number of halogens is 1. The zero-order valence-electron chi connectivity index (χ0n) is 8.22. The van der Waals surface area contributed by atoms with Crippen LogP contribution in [0.25, 0.3) is 0 Å². The molecule has 1 rings (SSSR count). The van der Waals surface area contributed by atoms with Gasteiger partial charge in [0.05, 0.1) is 6.07 Å². The predicted octanol–water partition coefficient (Wildman–Crippen LogP) is 1.83. The van der Waals surface area contributed by atoms with Crippen LogP contribution in [0.5, 0.6) is 0 Å². The Morgan fingerprint density at radius 1 is 1.38 bits per heavy atom. The SMILES string of the molecule is N#CC(C(=O)I)C(=O)OCc1ccccc1. The van der Waals surface area contributed by atoms with E-state index in [0.717, 1.165) is 5.56 Å². The van der Waals surface area contributed by atoms with E-state index in [4.69, 9.17) is 10.00 Å². The van der Waals surface area contributed by atoms with Crippen molar-refractivity contribution in [3.63, 3.8) is 0 Å². The fraction of sp³-hybridized carbons (Fsp3) is 0.182. The van der Waals surface area contributed by atoms with Crippen molar-refractivity contribution in [3.05, 3.63) is 35.9 Å². The van der Waals surface area contributed by atoms with Gasteiger partial charge < -0.3 is 4.74 Å². The molecule has 0 bridgehead atoms. The summed E-state index contributed by atoms with van der Waals surface area (Å²) in [6, 6.07) is 10.7. The minimum absolute atomic E-state index is 0.0712. The van der Waals surface area contributed by atoms with Crippen molar-refractivity contribution in [3.8, 4) is 6.07 Å². The molecule has 82 valence electrons. The van der Waals surface area contributed by atoms with Gasteiger partial charge in [0.15, 0.2) is 0 Å². The van der Waals surface area contributed by atoms with Crippen LogP contribution < -0.4 is 0 Å². The summed E-state index contributed by atoms with van der Waals surface area (Å²) in [7, 11) is 0. The molecule has 4 nitrogen and oxygen atoms in total. The van der Waals surface area contributed by atoms with Gasteiger partial charge in [0.2, 0.25) is 9.71 Å². The molecule has 1 unspecified atom stereocenters. The van der Waals surface area contributed by atoms with Crippen molar-refractivity contribution in [1.29, 1.82) is 5.26 Å². The summed E-state index contributed by atoms with van der Waals surface area (Å²) in [6.45, 7) is 0.0712. The smallest absolute Gasteiger partial charge is 0.332 e. The second kappa shape index (κ2) is 6.23. The van der Waals surface area contributed by atoms with E-state index in [1.807, 2.05) is 18.2 Å². The highest BCUT2D eigenvalue weighted by Crippen LogP contribution is 2.08. The Labute approximate surface area is 106 Å². The highest BCUT2D eigenvalue weighted by Gasteiger charge is 2.25. The number of hydrogen-bond acceptors (Lipinski definition) is 4. The molecule has 0 saturated carbocycles. The Kier molecular flexibility index (Phi) is 4.92. The second-order valence-corrected chi connectivity index (χ2v) is 4.02. The maximum absolute atomic E-state index is 11.3. The number of benzene rings is 1. The lowest BCUT2D eigenvalue weighted by atomic mass is 10.2. The highest BCUT2D eigenvalue weighted by molar-refractivity contribution is 14.1. The molecule has 5 heteroatoms. The topological polar surface area (TPSA) is 67.2 Å². The third-order valence-electron chi connectivity index (χ3n) is 1.82. The van der Waals surface area contributed by atoms with Crippen molar-refractivity contribution >= 4 is 32.4 Å². The molecule has 0 aliphatic rings. The van der Waals surface area contributed by atoms with Crippen LogP contribution >= 0.6 is 22.6 Å². The van der Waals surface area contributed by atoms with Crippen molar-refractivity contribution < 1.29 is 14.3 Å². The number of ether oxygens (including phenoxy) is 1. The summed E-state index contributed by atoms with van der Waals surface area (Å²) >= 11 is 1.41. The summed E-state index contributed by atoms with van der Waals surface area (Å²) in [5, 5.41) is 8.59. The first kappa shape index (κ1) is 12.6. The molecule has 0 amide bonds. The van der Waals surface area contributed by atoms with E-state index in [-0.39, 0.29) is 6.61 Å². The number of hydrogen-bond donors (Lipinski definition) is 0. The van der Waals surface area contributed by atoms with Crippen LogP contribution in [0, 0.1) is 17.2 Å². The summed E-state index contributed by atoms with van der Waals surface area (Å²) in [5.74, 6) is -2.13. The minimum Gasteiger partial charge on any atom is -0.459 e. The Bertz CT molecular complexity index is 425. The van der Waals surface area contributed by atoms with E-state index < -0.39 is 15.7 Å². The van der Waals surface area contributed by atoms with Gasteiger partial charge in [-0.1, -0.05) is 30.3 Å². The van der Waals surface area contributed by atoms with Gasteiger partial charge in [0.25, 0.3) is 0 Å². The summed E-state index contributed by atoms with van der Waals surface area (Å²) in [5.41, 5.74) is 0.813. The molecule has 16 heavy (non-hydrogen) atoms. The molecule has 1 aromatic carbocycles. The Morgan fingerprint density at radius 2 is 2.00 bits per heavy atom. The van der Waals surface area contributed by atoms with Crippen molar-refractivity contribution in [2.24, 2.45) is 5.92 Å². The lowest BCUT2D eigenvalue weighted by Gasteiger charge is -2.06. The van der Waals surface area contributed by atoms with Crippen LogP contribution in [0.3, 0.4) is 0 Å². The molecule has 0 aliphatic carbocycles. The van der Waals surface area contributed by atoms with Gasteiger partial charge in [-0.2, -0.15) is 5.26 Å². The molecule has 1 atom stereocenters. The zero-order chi connectivity index (χ0) is 12.0. The zero-order valence-corrected chi connectivity index (χ0v) is 10.4. The summed E-state index contributed by atoms with van der Waals surface area (Å²) in [4.78, 5) is 22.2. The first-order valence-electron chi connectivity index (χ1n) is 4.44. The molecule has 0 saturated heterocycles. The molecule has 0 aromatic heterocycles. The summed E-state index contributed by atoms with van der Waals surface area (Å²) < 4.78 is 4.33. The second-order valence-electron chi connectivity index (χ2n) is 2.96. The molecule has 0 spiro atoms. The van der Waals surface area contributed by atoms with Gasteiger partial charge in [-0.25, -0.2) is 0 Å². The monoisotopic (exact) mass is 329 g/mol. The van der Waals surface area contributed by atoms with E-state index in [1.54, 1.807) is 18.2 Å². The van der Waals surface area contributed by atoms with E-state index >= 15 is 0 Å². The average molecular weight is 329 g/mol. The van der Waals surface area contributed by atoms with Gasteiger partial charge in [0, 0.05) is 22.6 Å². The number of nitriles is 1.